The summed E-state index contributed by atoms with van der Waals surface area (Å²) in [5.41, 5.74) is 0. The molecule has 5 nitrogen and oxygen atoms in total. The van der Waals surface area contributed by atoms with Gasteiger partial charge in [0, 0.05) is 13.0 Å². The third kappa shape index (κ3) is 40.1. The number of esters is 2. The fourth-order valence-corrected chi connectivity index (χ4v) is 5.58. The van der Waals surface area contributed by atoms with Crippen LogP contribution in [0.25, 0.3) is 0 Å². The van der Waals surface area contributed by atoms with E-state index in [1.54, 1.807) is 0 Å². The van der Waals surface area contributed by atoms with Crippen molar-refractivity contribution in [3.8, 4) is 0 Å². The standard InChI is InChI=1S/C47H80O5/c1-4-7-10-13-16-18-20-22-24-26-28-30-32-34-37-40-46(48)51-44-45(43-50-42-39-36-15-12-9-6-3)52-47(49)41-38-35-33-31-29-27-25-23-21-19-17-14-11-8-5-2/h7,10,16,18,22-25,28,30,34,37,45H,4-6,8-9,11-15,17,19-21,26-27,29,31-33,35-36,38-44H2,1-3H3/b10-7-,18-16-,24-22-,25-23-,30-28-,37-34-. The van der Waals surface area contributed by atoms with Gasteiger partial charge in [0.1, 0.15) is 6.61 Å². The van der Waals surface area contributed by atoms with Crippen LogP contribution in [0, 0.1) is 0 Å². The van der Waals surface area contributed by atoms with Crippen LogP contribution in [0.5, 0.6) is 0 Å². The van der Waals surface area contributed by atoms with Gasteiger partial charge in [0.25, 0.3) is 0 Å². The van der Waals surface area contributed by atoms with E-state index in [4.69, 9.17) is 14.2 Å². The van der Waals surface area contributed by atoms with Crippen molar-refractivity contribution in [2.75, 3.05) is 19.8 Å². The van der Waals surface area contributed by atoms with Crippen molar-refractivity contribution >= 4 is 11.9 Å². The highest BCUT2D eigenvalue weighted by Gasteiger charge is 2.17. The number of unbranched alkanes of at least 4 members (excludes halogenated alkanes) is 16. The van der Waals surface area contributed by atoms with Crippen molar-refractivity contribution < 1.29 is 23.8 Å². The lowest BCUT2D eigenvalue weighted by Crippen LogP contribution is -2.30. The summed E-state index contributed by atoms with van der Waals surface area (Å²) < 4.78 is 17.1. The molecule has 1 atom stereocenters. The number of carbonyl (C=O) groups excluding carboxylic acids is 2. The van der Waals surface area contributed by atoms with Gasteiger partial charge in [-0.2, -0.15) is 0 Å². The van der Waals surface area contributed by atoms with Gasteiger partial charge in [-0.05, 0) is 70.6 Å². The Labute approximate surface area is 321 Å². The first-order valence-electron chi connectivity index (χ1n) is 21.5. The predicted octanol–water partition coefficient (Wildman–Crippen LogP) is 14.0. The number of carbonyl (C=O) groups is 2. The molecule has 0 rings (SSSR count). The van der Waals surface area contributed by atoms with Gasteiger partial charge in [-0.15, -0.1) is 0 Å². The van der Waals surface area contributed by atoms with Crippen LogP contribution in [0.1, 0.15) is 188 Å². The van der Waals surface area contributed by atoms with Crippen molar-refractivity contribution in [2.24, 2.45) is 0 Å². The molecule has 0 spiro atoms. The van der Waals surface area contributed by atoms with Crippen LogP contribution in [0.3, 0.4) is 0 Å². The second-order valence-electron chi connectivity index (χ2n) is 13.9. The van der Waals surface area contributed by atoms with Gasteiger partial charge in [-0.3, -0.25) is 9.59 Å². The van der Waals surface area contributed by atoms with E-state index in [0.717, 1.165) is 70.6 Å². The summed E-state index contributed by atoms with van der Waals surface area (Å²) in [5, 5.41) is 0. The Kier molecular flexibility index (Phi) is 40.6. The molecule has 298 valence electrons. The highest BCUT2D eigenvalue weighted by atomic mass is 16.6. The van der Waals surface area contributed by atoms with Crippen LogP contribution in [-0.4, -0.2) is 37.9 Å². The minimum absolute atomic E-state index is 0.0259. The molecule has 0 aromatic carbocycles. The van der Waals surface area contributed by atoms with Crippen LogP contribution in [-0.2, 0) is 23.8 Å². The lowest BCUT2D eigenvalue weighted by Gasteiger charge is -2.18. The van der Waals surface area contributed by atoms with E-state index in [2.05, 4.69) is 81.5 Å². The Morgan fingerprint density at radius 1 is 0.462 bits per heavy atom. The minimum Gasteiger partial charge on any atom is -0.461 e. The summed E-state index contributed by atoms with van der Waals surface area (Å²) in [5.74, 6) is -0.560. The molecule has 0 aliphatic rings. The van der Waals surface area contributed by atoms with E-state index in [-0.39, 0.29) is 31.6 Å². The van der Waals surface area contributed by atoms with Crippen LogP contribution in [0.4, 0.5) is 0 Å². The van der Waals surface area contributed by atoms with E-state index in [1.165, 1.54) is 83.5 Å². The van der Waals surface area contributed by atoms with Gasteiger partial charge in [0.2, 0.25) is 0 Å². The second kappa shape index (κ2) is 42.8. The molecule has 0 radical (unpaired) electrons. The molecule has 52 heavy (non-hydrogen) atoms. The van der Waals surface area contributed by atoms with Crippen LogP contribution in [0.15, 0.2) is 72.9 Å². The first kappa shape index (κ1) is 49.3. The van der Waals surface area contributed by atoms with Gasteiger partial charge in [0.15, 0.2) is 6.10 Å². The van der Waals surface area contributed by atoms with Crippen molar-refractivity contribution in [3.05, 3.63) is 72.9 Å². The summed E-state index contributed by atoms with van der Waals surface area (Å²) in [6, 6.07) is 0. The fourth-order valence-electron chi connectivity index (χ4n) is 5.58. The normalized spacial score (nSPS) is 12.9. The third-order valence-electron chi connectivity index (χ3n) is 8.76. The monoisotopic (exact) mass is 725 g/mol. The molecule has 0 aromatic heterocycles. The quantitative estimate of drug-likeness (QED) is 0.0360. The maximum atomic E-state index is 12.6. The first-order chi connectivity index (χ1) is 25.6. The molecule has 1 unspecified atom stereocenters. The maximum Gasteiger partial charge on any atom is 0.309 e. The Morgan fingerprint density at radius 2 is 0.923 bits per heavy atom. The van der Waals surface area contributed by atoms with Crippen LogP contribution >= 0.6 is 0 Å². The van der Waals surface area contributed by atoms with Crippen LogP contribution in [0.2, 0.25) is 0 Å². The van der Waals surface area contributed by atoms with Crippen molar-refractivity contribution in [2.45, 2.75) is 194 Å². The number of hydrogen-bond donors (Lipinski definition) is 0. The van der Waals surface area contributed by atoms with Crippen molar-refractivity contribution in [1.29, 1.82) is 0 Å². The molecule has 0 aliphatic carbocycles. The SMILES string of the molecule is CC/C=C\C/C=C\C/C=C\C/C=C\C/C=C\CC(=O)OCC(COCCCCCCCC)OC(=O)CCCCCCC/C=C\CCCCCCCC. The lowest BCUT2D eigenvalue weighted by molar-refractivity contribution is -0.162. The highest BCUT2D eigenvalue weighted by molar-refractivity contribution is 5.71. The molecular formula is C47H80O5. The molecule has 5 heteroatoms. The zero-order valence-electron chi connectivity index (χ0n) is 34.1. The maximum absolute atomic E-state index is 12.6. The molecule has 0 saturated heterocycles. The molecule has 0 saturated carbocycles. The number of ether oxygens (including phenoxy) is 3. The molecular weight excluding hydrogens is 645 g/mol. The predicted molar refractivity (Wildman–Crippen MR) is 224 cm³/mol. The van der Waals surface area contributed by atoms with E-state index >= 15 is 0 Å². The van der Waals surface area contributed by atoms with E-state index in [9.17, 15) is 9.59 Å². The number of allylic oxidation sites excluding steroid dienone is 11. The third-order valence-corrected chi connectivity index (χ3v) is 8.76. The van der Waals surface area contributed by atoms with Gasteiger partial charge in [0.05, 0.1) is 13.0 Å². The molecule has 0 amide bonds. The Bertz CT molecular complexity index is 957. The summed E-state index contributed by atoms with van der Waals surface area (Å²) in [7, 11) is 0. The second-order valence-corrected chi connectivity index (χ2v) is 13.9. The van der Waals surface area contributed by atoms with E-state index in [0.29, 0.717) is 13.0 Å². The Hall–Kier alpha value is -2.66. The molecule has 0 heterocycles. The summed E-state index contributed by atoms with van der Waals surface area (Å²) in [4.78, 5) is 25.0. The zero-order chi connectivity index (χ0) is 37.8. The van der Waals surface area contributed by atoms with Gasteiger partial charge >= 0.3 is 11.9 Å². The summed E-state index contributed by atoms with van der Waals surface area (Å²) >= 11 is 0. The van der Waals surface area contributed by atoms with Crippen LogP contribution < -0.4 is 0 Å². The summed E-state index contributed by atoms with van der Waals surface area (Å²) in [6.45, 7) is 7.54. The molecule has 0 aliphatic heterocycles. The Morgan fingerprint density at radius 3 is 1.46 bits per heavy atom. The van der Waals surface area contributed by atoms with E-state index < -0.39 is 6.10 Å². The average Bonchev–Trinajstić information content (AvgIpc) is 3.14. The minimum atomic E-state index is -0.576. The lowest BCUT2D eigenvalue weighted by atomic mass is 10.1. The highest BCUT2D eigenvalue weighted by Crippen LogP contribution is 2.12. The summed E-state index contributed by atoms with van der Waals surface area (Å²) in [6.07, 6.45) is 53.6. The molecule has 0 fully saturated rings. The zero-order valence-corrected chi connectivity index (χ0v) is 34.1. The van der Waals surface area contributed by atoms with Crippen molar-refractivity contribution in [1.82, 2.24) is 0 Å². The fraction of sp³-hybridized carbons (Fsp3) is 0.702. The first-order valence-corrected chi connectivity index (χ1v) is 21.5. The molecule has 0 aromatic rings. The smallest absolute Gasteiger partial charge is 0.309 e. The van der Waals surface area contributed by atoms with E-state index in [1.807, 2.05) is 12.2 Å². The number of hydrogen-bond acceptors (Lipinski definition) is 5. The molecule has 0 N–H and O–H groups in total. The van der Waals surface area contributed by atoms with Gasteiger partial charge in [-0.1, -0.05) is 177 Å². The van der Waals surface area contributed by atoms with Gasteiger partial charge in [-0.25, -0.2) is 0 Å². The molecule has 0 bridgehead atoms. The Balaban J connectivity index is 4.30. The topological polar surface area (TPSA) is 61.8 Å². The number of rotatable bonds is 38. The van der Waals surface area contributed by atoms with Gasteiger partial charge < -0.3 is 14.2 Å². The average molecular weight is 725 g/mol. The largest absolute Gasteiger partial charge is 0.461 e. The van der Waals surface area contributed by atoms with Crippen molar-refractivity contribution in [3.63, 3.8) is 0 Å².